The van der Waals surface area contributed by atoms with Crippen molar-refractivity contribution in [3.8, 4) is 0 Å². The number of hydrogen-bond donors (Lipinski definition) is 1. The predicted molar refractivity (Wildman–Crippen MR) is 70.9 cm³/mol. The summed E-state index contributed by atoms with van der Waals surface area (Å²) in [5, 5.41) is 3.50. The minimum absolute atomic E-state index is 0.106. The number of thioether (sulfide) groups is 1. The van der Waals surface area contributed by atoms with Crippen LogP contribution in [0, 0.1) is 5.92 Å². The fraction of sp³-hybridized carbons (Fsp3) is 0.917. The Morgan fingerprint density at radius 3 is 2.56 bits per heavy atom. The first kappa shape index (κ1) is 15.8. The molecule has 0 saturated heterocycles. The van der Waals surface area contributed by atoms with Crippen LogP contribution in [0.3, 0.4) is 0 Å². The third-order valence-corrected chi connectivity index (χ3v) is 3.32. The molecule has 0 aliphatic carbocycles. The summed E-state index contributed by atoms with van der Waals surface area (Å²) in [6, 6.07) is 0.486. The fourth-order valence-corrected chi connectivity index (χ4v) is 2.41. The van der Waals surface area contributed by atoms with Crippen molar-refractivity contribution >= 4 is 17.7 Å². The summed E-state index contributed by atoms with van der Waals surface area (Å²) in [6.45, 7) is 9.93. The molecule has 0 heterocycles. The summed E-state index contributed by atoms with van der Waals surface area (Å²) in [7, 11) is 0. The molecular formula is C12H25NO2S. The van der Waals surface area contributed by atoms with Crippen molar-refractivity contribution < 1.29 is 9.53 Å². The molecule has 0 aromatic carbocycles. The van der Waals surface area contributed by atoms with Crippen molar-refractivity contribution in [2.24, 2.45) is 5.92 Å². The quantitative estimate of drug-likeness (QED) is 0.635. The van der Waals surface area contributed by atoms with Crippen molar-refractivity contribution in [1.29, 1.82) is 0 Å². The molecule has 0 spiro atoms. The minimum Gasteiger partial charge on any atom is -0.465 e. The summed E-state index contributed by atoms with van der Waals surface area (Å²) >= 11 is 1.65. The summed E-state index contributed by atoms with van der Waals surface area (Å²) in [5.41, 5.74) is 0. The number of esters is 1. The van der Waals surface area contributed by atoms with Gasteiger partial charge in [-0.25, -0.2) is 0 Å². The standard InChI is InChI=1S/C12H25NO2S/c1-5-7-13-11(10(3)4)8-16-9-12(14)15-6-2/h10-11,13H,5-9H2,1-4H3. The van der Waals surface area contributed by atoms with Gasteiger partial charge in [0.2, 0.25) is 0 Å². The predicted octanol–water partition coefficient (Wildman–Crippen LogP) is 2.31. The number of carbonyl (C=O) groups is 1. The minimum atomic E-state index is -0.106. The zero-order valence-electron chi connectivity index (χ0n) is 10.9. The summed E-state index contributed by atoms with van der Waals surface area (Å²) in [6.07, 6.45) is 1.14. The summed E-state index contributed by atoms with van der Waals surface area (Å²) < 4.78 is 4.89. The highest BCUT2D eigenvalue weighted by Crippen LogP contribution is 2.10. The highest BCUT2D eigenvalue weighted by Gasteiger charge is 2.13. The topological polar surface area (TPSA) is 38.3 Å². The van der Waals surface area contributed by atoms with Gasteiger partial charge in [0.05, 0.1) is 12.4 Å². The lowest BCUT2D eigenvalue weighted by atomic mass is 10.1. The van der Waals surface area contributed by atoms with Gasteiger partial charge in [0, 0.05) is 11.8 Å². The molecule has 1 unspecified atom stereocenters. The van der Waals surface area contributed by atoms with E-state index in [-0.39, 0.29) is 5.97 Å². The Morgan fingerprint density at radius 1 is 1.38 bits per heavy atom. The lowest BCUT2D eigenvalue weighted by Crippen LogP contribution is -2.36. The van der Waals surface area contributed by atoms with E-state index in [2.05, 4.69) is 26.1 Å². The molecule has 0 aliphatic rings. The maximum atomic E-state index is 11.1. The molecule has 0 aromatic heterocycles. The van der Waals surface area contributed by atoms with Gasteiger partial charge in [0.25, 0.3) is 0 Å². The lowest BCUT2D eigenvalue weighted by Gasteiger charge is -2.21. The average molecular weight is 247 g/mol. The van der Waals surface area contributed by atoms with E-state index in [0.29, 0.717) is 24.3 Å². The third-order valence-electron chi connectivity index (χ3n) is 2.28. The van der Waals surface area contributed by atoms with Crippen LogP contribution in [-0.2, 0) is 9.53 Å². The van der Waals surface area contributed by atoms with Crippen LogP contribution in [0.15, 0.2) is 0 Å². The summed E-state index contributed by atoms with van der Waals surface area (Å²) in [4.78, 5) is 11.1. The average Bonchev–Trinajstić information content (AvgIpc) is 2.23. The normalized spacial score (nSPS) is 12.8. The second-order valence-electron chi connectivity index (χ2n) is 4.12. The van der Waals surface area contributed by atoms with Gasteiger partial charge in [-0.3, -0.25) is 4.79 Å². The highest BCUT2D eigenvalue weighted by molar-refractivity contribution is 7.99. The first-order valence-corrected chi connectivity index (χ1v) is 7.24. The van der Waals surface area contributed by atoms with E-state index < -0.39 is 0 Å². The van der Waals surface area contributed by atoms with Crippen LogP contribution in [0.1, 0.15) is 34.1 Å². The molecule has 0 rings (SSSR count). The maximum Gasteiger partial charge on any atom is 0.315 e. The van der Waals surface area contributed by atoms with Crippen molar-refractivity contribution in [1.82, 2.24) is 5.32 Å². The number of carbonyl (C=O) groups excluding carboxylic acids is 1. The molecule has 0 aromatic rings. The van der Waals surface area contributed by atoms with E-state index in [9.17, 15) is 4.79 Å². The Balaban J connectivity index is 3.71. The molecule has 0 radical (unpaired) electrons. The van der Waals surface area contributed by atoms with Crippen molar-refractivity contribution in [2.45, 2.75) is 40.2 Å². The van der Waals surface area contributed by atoms with E-state index in [1.807, 2.05) is 6.92 Å². The van der Waals surface area contributed by atoms with Gasteiger partial charge >= 0.3 is 5.97 Å². The molecule has 0 amide bonds. The Labute approximate surface area is 104 Å². The van der Waals surface area contributed by atoms with Gasteiger partial charge in [-0.05, 0) is 25.8 Å². The Morgan fingerprint density at radius 2 is 2.06 bits per heavy atom. The maximum absolute atomic E-state index is 11.1. The van der Waals surface area contributed by atoms with E-state index >= 15 is 0 Å². The van der Waals surface area contributed by atoms with Crippen molar-refractivity contribution in [3.05, 3.63) is 0 Å². The third kappa shape index (κ3) is 7.99. The Bertz CT molecular complexity index is 186. The zero-order valence-corrected chi connectivity index (χ0v) is 11.7. The second-order valence-corrected chi connectivity index (χ2v) is 5.16. The van der Waals surface area contributed by atoms with E-state index in [1.165, 1.54) is 0 Å². The molecule has 4 heteroatoms. The fourth-order valence-electron chi connectivity index (χ4n) is 1.29. The van der Waals surface area contributed by atoms with Gasteiger partial charge in [-0.1, -0.05) is 20.8 Å². The van der Waals surface area contributed by atoms with E-state index in [0.717, 1.165) is 18.7 Å². The number of ether oxygens (including phenoxy) is 1. The number of hydrogen-bond acceptors (Lipinski definition) is 4. The molecule has 1 atom stereocenters. The lowest BCUT2D eigenvalue weighted by molar-refractivity contribution is -0.139. The molecule has 3 nitrogen and oxygen atoms in total. The van der Waals surface area contributed by atoms with Gasteiger partial charge in [0.1, 0.15) is 0 Å². The van der Waals surface area contributed by atoms with Crippen molar-refractivity contribution in [3.63, 3.8) is 0 Å². The highest BCUT2D eigenvalue weighted by atomic mass is 32.2. The Hall–Kier alpha value is -0.220. The molecule has 1 N–H and O–H groups in total. The van der Waals surface area contributed by atoms with Crippen LogP contribution >= 0.6 is 11.8 Å². The molecule has 16 heavy (non-hydrogen) atoms. The van der Waals surface area contributed by atoms with Crippen LogP contribution in [0.25, 0.3) is 0 Å². The monoisotopic (exact) mass is 247 g/mol. The van der Waals surface area contributed by atoms with Gasteiger partial charge < -0.3 is 10.1 Å². The van der Waals surface area contributed by atoms with Crippen LogP contribution in [0.5, 0.6) is 0 Å². The zero-order chi connectivity index (χ0) is 12.4. The summed E-state index contributed by atoms with van der Waals surface area (Å²) in [5.74, 6) is 1.92. The number of nitrogens with one attached hydrogen (secondary N) is 1. The van der Waals surface area contributed by atoms with E-state index in [1.54, 1.807) is 11.8 Å². The number of rotatable bonds is 9. The van der Waals surface area contributed by atoms with Crippen LogP contribution in [0.4, 0.5) is 0 Å². The SMILES string of the molecule is CCCNC(CSCC(=O)OCC)C(C)C. The smallest absolute Gasteiger partial charge is 0.315 e. The van der Waals surface area contributed by atoms with Crippen LogP contribution in [-0.4, -0.2) is 36.7 Å². The van der Waals surface area contributed by atoms with Gasteiger partial charge in [0.15, 0.2) is 0 Å². The molecule has 0 aliphatic heterocycles. The van der Waals surface area contributed by atoms with Crippen LogP contribution in [0.2, 0.25) is 0 Å². The van der Waals surface area contributed by atoms with Gasteiger partial charge in [-0.15, -0.1) is 11.8 Å². The first-order chi connectivity index (χ1) is 7.61. The largest absolute Gasteiger partial charge is 0.465 e. The molecular weight excluding hydrogens is 222 g/mol. The molecule has 0 bridgehead atoms. The first-order valence-electron chi connectivity index (χ1n) is 6.08. The Kier molecular flexibility index (Phi) is 9.83. The van der Waals surface area contributed by atoms with E-state index in [4.69, 9.17) is 4.74 Å². The van der Waals surface area contributed by atoms with Crippen molar-refractivity contribution in [2.75, 3.05) is 24.7 Å². The molecule has 0 saturated carbocycles. The van der Waals surface area contributed by atoms with Crippen LogP contribution < -0.4 is 5.32 Å². The second kappa shape index (κ2) is 9.97. The molecule has 96 valence electrons. The molecule has 0 fully saturated rings. The van der Waals surface area contributed by atoms with Gasteiger partial charge in [-0.2, -0.15) is 0 Å².